The Labute approximate surface area is 108 Å². The quantitative estimate of drug-likeness (QED) is 0.676. The lowest BCUT2D eigenvalue weighted by molar-refractivity contribution is -0.139. The molecule has 0 aromatic carbocycles. The van der Waals surface area contributed by atoms with Crippen molar-refractivity contribution in [2.45, 2.75) is 18.2 Å². The molecule has 0 spiro atoms. The van der Waals surface area contributed by atoms with Gasteiger partial charge < -0.3 is 19.9 Å². The summed E-state index contributed by atoms with van der Waals surface area (Å²) in [5, 5.41) is 19.8. The van der Waals surface area contributed by atoms with Gasteiger partial charge in [0.05, 0.1) is 5.75 Å². The molecule has 1 heterocycles. The lowest BCUT2D eigenvalue weighted by Crippen LogP contribution is -2.41. The predicted molar refractivity (Wildman–Crippen MR) is 66.5 cm³/mol. The van der Waals surface area contributed by atoms with E-state index in [2.05, 4.69) is 5.32 Å². The first-order valence-electron chi connectivity index (χ1n) is 5.30. The molecule has 7 heteroatoms. The van der Waals surface area contributed by atoms with Crippen LogP contribution in [0.5, 0.6) is 0 Å². The van der Waals surface area contributed by atoms with Crippen LogP contribution in [0.25, 0.3) is 0 Å². The molecule has 0 unspecified atom stereocenters. The fourth-order valence-corrected chi connectivity index (χ4v) is 1.78. The van der Waals surface area contributed by atoms with E-state index in [0.717, 1.165) is 0 Å². The second-order valence-corrected chi connectivity index (χ2v) is 4.44. The zero-order chi connectivity index (χ0) is 13.5. The molecule has 6 nitrogen and oxygen atoms in total. The molecule has 0 fully saturated rings. The third-order valence-electron chi connectivity index (χ3n) is 2.19. The van der Waals surface area contributed by atoms with Gasteiger partial charge in [-0.1, -0.05) is 0 Å². The largest absolute Gasteiger partial charge is 0.480 e. The number of carbonyl (C=O) groups excluding carboxylic acids is 1. The Hall–Kier alpha value is -1.47. The SMILES string of the molecule is CSCc1ccc(C(=O)N[C@@H](CCO)C(=O)O)o1. The monoisotopic (exact) mass is 273 g/mol. The van der Waals surface area contributed by atoms with Crippen LogP contribution in [0, 0.1) is 0 Å². The van der Waals surface area contributed by atoms with Crippen LogP contribution >= 0.6 is 11.8 Å². The third-order valence-corrected chi connectivity index (χ3v) is 2.77. The Bertz CT molecular complexity index is 417. The summed E-state index contributed by atoms with van der Waals surface area (Å²) in [4.78, 5) is 22.5. The Morgan fingerprint density at radius 2 is 2.22 bits per heavy atom. The zero-order valence-electron chi connectivity index (χ0n) is 9.88. The normalized spacial score (nSPS) is 12.1. The Morgan fingerprint density at radius 1 is 1.50 bits per heavy atom. The molecule has 0 saturated carbocycles. The average molecular weight is 273 g/mol. The first kappa shape index (κ1) is 14.6. The summed E-state index contributed by atoms with van der Waals surface area (Å²) < 4.78 is 5.26. The highest BCUT2D eigenvalue weighted by Crippen LogP contribution is 2.13. The summed E-state index contributed by atoms with van der Waals surface area (Å²) in [5.41, 5.74) is 0. The third kappa shape index (κ3) is 4.08. The predicted octanol–water partition coefficient (Wildman–Crippen LogP) is 0.708. The summed E-state index contributed by atoms with van der Waals surface area (Å²) in [7, 11) is 0. The van der Waals surface area contributed by atoms with Crippen LogP contribution < -0.4 is 5.32 Å². The molecule has 0 aliphatic carbocycles. The molecular weight excluding hydrogens is 258 g/mol. The summed E-state index contributed by atoms with van der Waals surface area (Å²) in [5.74, 6) is -0.409. The number of aliphatic hydroxyl groups excluding tert-OH is 1. The minimum atomic E-state index is -1.19. The minimum absolute atomic E-state index is 0.0422. The van der Waals surface area contributed by atoms with Crippen LogP contribution in [-0.2, 0) is 10.5 Å². The molecule has 0 aliphatic heterocycles. The van der Waals surface area contributed by atoms with E-state index in [9.17, 15) is 9.59 Å². The number of aliphatic carboxylic acids is 1. The summed E-state index contributed by atoms with van der Waals surface area (Å²) in [6.45, 7) is -0.312. The maximum atomic E-state index is 11.7. The highest BCUT2D eigenvalue weighted by Gasteiger charge is 2.21. The van der Waals surface area contributed by atoms with E-state index in [1.165, 1.54) is 6.07 Å². The second-order valence-electron chi connectivity index (χ2n) is 3.58. The number of furan rings is 1. The number of amides is 1. The smallest absolute Gasteiger partial charge is 0.326 e. The van der Waals surface area contributed by atoms with Crippen molar-refractivity contribution in [2.24, 2.45) is 0 Å². The average Bonchev–Trinajstić information content (AvgIpc) is 2.77. The highest BCUT2D eigenvalue weighted by atomic mass is 32.2. The lowest BCUT2D eigenvalue weighted by atomic mass is 10.2. The maximum absolute atomic E-state index is 11.7. The highest BCUT2D eigenvalue weighted by molar-refractivity contribution is 7.97. The number of carboxylic acid groups (broad SMARTS) is 1. The van der Waals surface area contributed by atoms with Crippen LogP contribution in [0.2, 0.25) is 0 Å². The molecule has 0 aliphatic rings. The number of aliphatic hydroxyl groups is 1. The van der Waals surface area contributed by atoms with E-state index in [-0.39, 0.29) is 18.8 Å². The van der Waals surface area contributed by atoms with Crippen LogP contribution in [0.3, 0.4) is 0 Å². The molecule has 0 saturated heterocycles. The number of rotatable bonds is 7. The molecule has 100 valence electrons. The van der Waals surface area contributed by atoms with E-state index >= 15 is 0 Å². The lowest BCUT2D eigenvalue weighted by Gasteiger charge is -2.11. The summed E-state index contributed by atoms with van der Waals surface area (Å²) in [6.07, 6.45) is 1.86. The van der Waals surface area contributed by atoms with E-state index in [4.69, 9.17) is 14.6 Å². The number of nitrogens with one attached hydrogen (secondary N) is 1. The van der Waals surface area contributed by atoms with Gasteiger partial charge in [-0.3, -0.25) is 4.79 Å². The number of carbonyl (C=O) groups is 2. The van der Waals surface area contributed by atoms with Gasteiger partial charge in [-0.15, -0.1) is 0 Å². The first-order valence-corrected chi connectivity index (χ1v) is 6.70. The van der Waals surface area contributed by atoms with Crippen molar-refractivity contribution in [2.75, 3.05) is 12.9 Å². The van der Waals surface area contributed by atoms with E-state index in [0.29, 0.717) is 11.5 Å². The standard InChI is InChI=1S/C11H15NO5S/c1-18-6-7-2-3-9(17-7)10(14)12-8(4-5-13)11(15)16/h2-3,8,13H,4-6H2,1H3,(H,12,14)(H,15,16)/t8-/m0/s1. The molecule has 1 amide bonds. The van der Waals surface area contributed by atoms with E-state index in [1.807, 2.05) is 6.26 Å². The topological polar surface area (TPSA) is 99.8 Å². The fraction of sp³-hybridized carbons (Fsp3) is 0.455. The van der Waals surface area contributed by atoms with Gasteiger partial charge in [0, 0.05) is 13.0 Å². The molecule has 18 heavy (non-hydrogen) atoms. The van der Waals surface area contributed by atoms with Gasteiger partial charge in [0.1, 0.15) is 11.8 Å². The van der Waals surface area contributed by atoms with E-state index < -0.39 is 17.9 Å². The fourth-order valence-electron chi connectivity index (χ4n) is 1.34. The molecule has 1 rings (SSSR count). The molecular formula is C11H15NO5S. The van der Waals surface area contributed by atoms with Crippen molar-refractivity contribution in [3.8, 4) is 0 Å². The molecule has 1 aromatic rings. The summed E-state index contributed by atoms with van der Waals surface area (Å²) >= 11 is 1.55. The zero-order valence-corrected chi connectivity index (χ0v) is 10.7. The molecule has 1 atom stereocenters. The molecule has 3 N–H and O–H groups in total. The van der Waals surface area contributed by atoms with Gasteiger partial charge >= 0.3 is 5.97 Å². The number of hydrogen-bond acceptors (Lipinski definition) is 5. The van der Waals surface area contributed by atoms with Crippen LogP contribution in [0.1, 0.15) is 22.7 Å². The minimum Gasteiger partial charge on any atom is -0.480 e. The number of carboxylic acids is 1. The van der Waals surface area contributed by atoms with Gasteiger partial charge in [-0.05, 0) is 18.4 Å². The van der Waals surface area contributed by atoms with Crippen molar-refractivity contribution in [1.29, 1.82) is 0 Å². The number of hydrogen-bond donors (Lipinski definition) is 3. The van der Waals surface area contributed by atoms with Crippen molar-refractivity contribution >= 4 is 23.6 Å². The first-order chi connectivity index (χ1) is 8.58. The van der Waals surface area contributed by atoms with Crippen LogP contribution in [0.15, 0.2) is 16.5 Å². The van der Waals surface area contributed by atoms with Gasteiger partial charge in [0.2, 0.25) is 0 Å². The summed E-state index contributed by atoms with van der Waals surface area (Å²) in [6, 6.07) is 2.06. The maximum Gasteiger partial charge on any atom is 0.326 e. The second kappa shape index (κ2) is 7.07. The van der Waals surface area contributed by atoms with E-state index in [1.54, 1.807) is 17.8 Å². The van der Waals surface area contributed by atoms with Crippen LogP contribution in [0.4, 0.5) is 0 Å². The molecule has 1 aromatic heterocycles. The van der Waals surface area contributed by atoms with Crippen LogP contribution in [-0.4, -0.2) is 41.0 Å². The van der Waals surface area contributed by atoms with Crippen molar-refractivity contribution in [3.63, 3.8) is 0 Å². The Balaban J connectivity index is 2.64. The van der Waals surface area contributed by atoms with Gasteiger partial charge in [0.15, 0.2) is 5.76 Å². The van der Waals surface area contributed by atoms with Crippen molar-refractivity contribution in [3.05, 3.63) is 23.7 Å². The Kier molecular flexibility index (Phi) is 5.73. The Morgan fingerprint density at radius 3 is 2.78 bits per heavy atom. The van der Waals surface area contributed by atoms with Gasteiger partial charge in [-0.2, -0.15) is 11.8 Å². The van der Waals surface area contributed by atoms with Crippen molar-refractivity contribution < 1.29 is 24.2 Å². The van der Waals surface area contributed by atoms with Crippen molar-refractivity contribution in [1.82, 2.24) is 5.32 Å². The van der Waals surface area contributed by atoms with Gasteiger partial charge in [0.25, 0.3) is 5.91 Å². The van der Waals surface area contributed by atoms with Gasteiger partial charge in [-0.25, -0.2) is 4.79 Å². The number of thioether (sulfide) groups is 1. The molecule has 0 bridgehead atoms. The molecule has 0 radical (unpaired) electrons.